The van der Waals surface area contributed by atoms with Crippen molar-refractivity contribution in [2.24, 2.45) is 0 Å². The zero-order chi connectivity index (χ0) is 19.6. The molecule has 2 atom stereocenters. The van der Waals surface area contributed by atoms with Gasteiger partial charge in [0.15, 0.2) is 23.1 Å². The minimum atomic E-state index is -0.681. The Hall–Kier alpha value is -2.36. The van der Waals surface area contributed by atoms with E-state index < -0.39 is 17.8 Å². The number of methoxy groups -OCH3 is 1. The van der Waals surface area contributed by atoms with Gasteiger partial charge in [-0.1, -0.05) is 5.16 Å². The number of anilines is 1. The van der Waals surface area contributed by atoms with E-state index in [1.165, 1.54) is 25.3 Å². The maximum absolute atomic E-state index is 13.7. The second kappa shape index (κ2) is 9.22. The average Bonchev–Trinajstić information content (AvgIpc) is 3.09. The number of benzene rings is 1. The van der Waals surface area contributed by atoms with Crippen molar-refractivity contribution in [2.45, 2.75) is 18.6 Å². The first kappa shape index (κ1) is 21.9. The van der Waals surface area contributed by atoms with Gasteiger partial charge >= 0.3 is 0 Å². The van der Waals surface area contributed by atoms with E-state index in [0.29, 0.717) is 30.9 Å². The molecular formula is C18H24ClFN4O4. The van der Waals surface area contributed by atoms with Crippen molar-refractivity contribution in [1.29, 1.82) is 0 Å². The van der Waals surface area contributed by atoms with Crippen molar-refractivity contribution in [3.8, 4) is 17.1 Å². The molecule has 1 fully saturated rings. The first-order chi connectivity index (χ1) is 12.9. The molecule has 1 aromatic heterocycles. The molecule has 1 aliphatic heterocycles. The zero-order valence-electron chi connectivity index (χ0n) is 15.9. The molecule has 10 heteroatoms. The third kappa shape index (κ3) is 4.37. The summed E-state index contributed by atoms with van der Waals surface area (Å²) in [6, 6.07) is 3.81. The zero-order valence-corrected chi connectivity index (χ0v) is 16.7. The van der Waals surface area contributed by atoms with Crippen molar-refractivity contribution in [2.75, 3.05) is 39.2 Å². The van der Waals surface area contributed by atoms with Gasteiger partial charge in [0.1, 0.15) is 5.56 Å². The molecule has 0 spiro atoms. The number of carbonyl (C=O) groups is 1. The highest BCUT2D eigenvalue weighted by Gasteiger charge is 2.30. The number of hydrogen-bond acceptors (Lipinski definition) is 7. The predicted molar refractivity (Wildman–Crippen MR) is 105 cm³/mol. The Balaban J connectivity index is 0.00000280. The van der Waals surface area contributed by atoms with E-state index in [4.69, 9.17) is 9.26 Å². The molecule has 154 valence electrons. The monoisotopic (exact) mass is 414 g/mol. The lowest BCUT2D eigenvalue weighted by Gasteiger charge is -2.29. The van der Waals surface area contributed by atoms with Gasteiger partial charge < -0.3 is 29.9 Å². The number of aliphatic hydroxyl groups excluding tert-OH is 1. The highest BCUT2D eigenvalue weighted by Crippen LogP contribution is 2.33. The van der Waals surface area contributed by atoms with Crippen LogP contribution in [0, 0.1) is 5.82 Å². The van der Waals surface area contributed by atoms with Crippen molar-refractivity contribution in [3.63, 3.8) is 0 Å². The van der Waals surface area contributed by atoms with Gasteiger partial charge in [-0.25, -0.2) is 4.39 Å². The summed E-state index contributed by atoms with van der Waals surface area (Å²) in [5.74, 6) is -0.343. The van der Waals surface area contributed by atoms with Gasteiger partial charge in [-0.3, -0.25) is 4.79 Å². The number of ether oxygens (including phenoxy) is 1. The molecule has 3 N–H and O–H groups in total. The molecule has 0 radical (unpaired) electrons. The topological polar surface area (TPSA) is 99.9 Å². The standard InChI is InChI=1S/C18H23FN4O4.ClH/c1-23(2)17-15(18(25)21-12-6-7-20-9-13(12)24)16(27-22-17)10-4-5-11(19)14(8-10)26-3;/h4-5,8,12-13,20,24H,6-7,9H2,1-3H3,(H,21,25);1H/t12-,13-;/m1./s1. The lowest BCUT2D eigenvalue weighted by Crippen LogP contribution is -2.52. The molecule has 0 aliphatic carbocycles. The minimum Gasteiger partial charge on any atom is -0.494 e. The molecule has 8 nitrogen and oxygen atoms in total. The number of β-amino-alcohol motifs (C(OH)–C–C–N with tert-alkyl or cyclic N) is 1. The van der Waals surface area contributed by atoms with Gasteiger partial charge in [-0.15, -0.1) is 12.4 Å². The summed E-state index contributed by atoms with van der Waals surface area (Å²) >= 11 is 0. The third-order valence-corrected chi connectivity index (χ3v) is 4.50. The maximum Gasteiger partial charge on any atom is 0.259 e. The number of hydrogen-bond donors (Lipinski definition) is 3. The fraction of sp³-hybridized carbons (Fsp3) is 0.444. The Morgan fingerprint density at radius 2 is 2.21 bits per heavy atom. The van der Waals surface area contributed by atoms with Gasteiger partial charge in [0.25, 0.3) is 5.91 Å². The molecule has 3 rings (SSSR count). The fourth-order valence-corrected chi connectivity index (χ4v) is 3.04. The Morgan fingerprint density at radius 3 is 2.86 bits per heavy atom. The summed E-state index contributed by atoms with van der Waals surface area (Å²) in [5.41, 5.74) is 0.684. The summed E-state index contributed by atoms with van der Waals surface area (Å²) in [6.07, 6.45) is -0.0745. The second-order valence-electron chi connectivity index (χ2n) is 6.59. The molecule has 0 bridgehead atoms. The van der Waals surface area contributed by atoms with Crippen LogP contribution in [-0.2, 0) is 0 Å². The molecule has 1 aliphatic rings. The number of nitrogens with zero attached hydrogens (tertiary/aromatic N) is 2. The predicted octanol–water partition coefficient (Wildman–Crippen LogP) is 1.43. The molecule has 1 amide bonds. The molecular weight excluding hydrogens is 391 g/mol. The van der Waals surface area contributed by atoms with E-state index in [1.807, 2.05) is 0 Å². The van der Waals surface area contributed by atoms with Gasteiger partial charge in [0, 0.05) is 26.2 Å². The van der Waals surface area contributed by atoms with E-state index in [2.05, 4.69) is 15.8 Å². The number of aromatic nitrogens is 1. The Bertz CT molecular complexity index is 830. The summed E-state index contributed by atoms with van der Waals surface area (Å²) in [7, 11) is 4.84. The molecule has 1 saturated heterocycles. The van der Waals surface area contributed by atoms with Gasteiger partial charge in [-0.2, -0.15) is 0 Å². The Kier molecular flexibility index (Phi) is 7.22. The van der Waals surface area contributed by atoms with Crippen molar-refractivity contribution in [1.82, 2.24) is 15.8 Å². The van der Waals surface area contributed by atoms with E-state index in [9.17, 15) is 14.3 Å². The van der Waals surface area contributed by atoms with Gasteiger partial charge in [0.2, 0.25) is 0 Å². The van der Waals surface area contributed by atoms with Crippen molar-refractivity contribution < 1.29 is 23.6 Å². The Morgan fingerprint density at radius 1 is 1.46 bits per heavy atom. The van der Waals surface area contributed by atoms with Gasteiger partial charge in [0.05, 0.1) is 19.3 Å². The minimum absolute atomic E-state index is 0. The first-order valence-electron chi connectivity index (χ1n) is 8.63. The van der Waals surface area contributed by atoms with Crippen LogP contribution in [0.2, 0.25) is 0 Å². The lowest BCUT2D eigenvalue weighted by molar-refractivity contribution is 0.0766. The molecule has 2 aromatic rings. The number of piperidine rings is 1. The van der Waals surface area contributed by atoms with Crippen molar-refractivity contribution >= 4 is 24.1 Å². The van der Waals surface area contributed by atoms with E-state index in [-0.39, 0.29) is 35.5 Å². The molecule has 1 aromatic carbocycles. The quantitative estimate of drug-likeness (QED) is 0.680. The number of halogens is 2. The summed E-state index contributed by atoms with van der Waals surface area (Å²) < 4.78 is 24.2. The van der Waals surface area contributed by atoms with Crippen LogP contribution in [0.3, 0.4) is 0 Å². The van der Waals surface area contributed by atoms with E-state index in [1.54, 1.807) is 19.0 Å². The van der Waals surface area contributed by atoms with Crippen LogP contribution < -0.4 is 20.3 Å². The maximum atomic E-state index is 13.7. The molecule has 0 saturated carbocycles. The second-order valence-corrected chi connectivity index (χ2v) is 6.59. The highest BCUT2D eigenvalue weighted by atomic mass is 35.5. The van der Waals surface area contributed by atoms with Crippen LogP contribution >= 0.6 is 12.4 Å². The van der Waals surface area contributed by atoms with Crippen LogP contribution in [0.15, 0.2) is 22.7 Å². The van der Waals surface area contributed by atoms with E-state index in [0.717, 1.165) is 0 Å². The largest absolute Gasteiger partial charge is 0.494 e. The van der Waals surface area contributed by atoms with E-state index >= 15 is 0 Å². The van der Waals surface area contributed by atoms with Crippen LogP contribution in [0.25, 0.3) is 11.3 Å². The van der Waals surface area contributed by atoms with Crippen LogP contribution in [0.5, 0.6) is 5.75 Å². The number of aliphatic hydroxyl groups is 1. The number of rotatable bonds is 5. The molecule has 28 heavy (non-hydrogen) atoms. The third-order valence-electron chi connectivity index (χ3n) is 4.50. The summed E-state index contributed by atoms with van der Waals surface area (Å²) in [4.78, 5) is 14.6. The SMILES string of the molecule is COc1cc(-c2onc(N(C)C)c2C(=O)N[C@@H]2CCNC[C@H]2O)ccc1F.Cl. The number of carbonyl (C=O) groups excluding carboxylic acids is 1. The number of amides is 1. The van der Waals surface area contributed by atoms with Gasteiger partial charge in [-0.05, 0) is 31.2 Å². The Labute approximate surface area is 168 Å². The first-order valence-corrected chi connectivity index (χ1v) is 8.63. The lowest BCUT2D eigenvalue weighted by atomic mass is 10.0. The average molecular weight is 415 g/mol. The molecule has 2 heterocycles. The fourth-order valence-electron chi connectivity index (χ4n) is 3.04. The summed E-state index contributed by atoms with van der Waals surface area (Å²) in [5, 5.41) is 20.0. The molecule has 0 unspecified atom stereocenters. The van der Waals surface area contributed by atoms with Crippen LogP contribution in [0.4, 0.5) is 10.2 Å². The number of nitrogens with one attached hydrogen (secondary N) is 2. The van der Waals surface area contributed by atoms with Crippen molar-refractivity contribution in [3.05, 3.63) is 29.6 Å². The highest BCUT2D eigenvalue weighted by molar-refractivity contribution is 6.04. The smallest absolute Gasteiger partial charge is 0.259 e. The van der Waals surface area contributed by atoms with Crippen LogP contribution in [-0.4, -0.2) is 62.6 Å². The normalized spacial score (nSPS) is 18.9. The summed E-state index contributed by atoms with van der Waals surface area (Å²) in [6.45, 7) is 1.12. The van der Waals surface area contributed by atoms with Crippen LogP contribution in [0.1, 0.15) is 16.8 Å².